The quantitative estimate of drug-likeness (QED) is 0.368. The lowest BCUT2D eigenvalue weighted by Gasteiger charge is -2.31. The van der Waals surface area contributed by atoms with Gasteiger partial charge in [0.1, 0.15) is 11.8 Å². The Hall–Kier alpha value is -3.02. The number of hydrogen-bond acceptors (Lipinski definition) is 3. The Morgan fingerprint density at radius 3 is 2.22 bits per heavy atom. The molecule has 36 heavy (non-hydrogen) atoms. The Bertz CT molecular complexity index is 1180. The number of carbonyl (C=O) groups excluding carboxylic acids is 2. The molecule has 3 aromatic carbocycles. The predicted octanol–water partition coefficient (Wildman–Crippen LogP) is 6.06. The van der Waals surface area contributed by atoms with Crippen LogP contribution in [-0.2, 0) is 28.0 Å². The minimum atomic E-state index is -0.761. The van der Waals surface area contributed by atoms with E-state index in [9.17, 15) is 9.59 Å². The molecule has 7 heteroatoms. The van der Waals surface area contributed by atoms with E-state index in [0.717, 1.165) is 5.56 Å². The summed E-state index contributed by atoms with van der Waals surface area (Å²) in [6.07, 6.45) is 0.345. The third kappa shape index (κ3) is 7.49. The zero-order valence-corrected chi connectivity index (χ0v) is 22.6. The topological polar surface area (TPSA) is 58.6 Å². The number of hydrogen-bond donors (Lipinski definition) is 1. The molecule has 2 amide bonds. The van der Waals surface area contributed by atoms with Gasteiger partial charge in [-0.3, -0.25) is 9.59 Å². The molecule has 0 aliphatic carbocycles. The third-order valence-electron chi connectivity index (χ3n) is 5.96. The molecule has 0 aromatic heterocycles. The molecule has 0 unspecified atom stereocenters. The first-order valence-electron chi connectivity index (χ1n) is 11.8. The van der Waals surface area contributed by atoms with Crippen LogP contribution >= 0.6 is 23.2 Å². The van der Waals surface area contributed by atoms with Crippen LogP contribution < -0.4 is 10.1 Å². The maximum Gasteiger partial charge on any atom is 0.261 e. The number of rotatable bonds is 9. The molecule has 1 atom stereocenters. The van der Waals surface area contributed by atoms with E-state index >= 15 is 0 Å². The van der Waals surface area contributed by atoms with Gasteiger partial charge in [-0.1, -0.05) is 92.5 Å². The molecule has 3 aromatic rings. The van der Waals surface area contributed by atoms with Crippen LogP contribution in [0, 0.1) is 0 Å². The first-order chi connectivity index (χ1) is 17.1. The smallest absolute Gasteiger partial charge is 0.261 e. The van der Waals surface area contributed by atoms with Crippen molar-refractivity contribution in [1.82, 2.24) is 10.2 Å². The van der Waals surface area contributed by atoms with Gasteiger partial charge >= 0.3 is 0 Å². The van der Waals surface area contributed by atoms with Crippen molar-refractivity contribution in [1.29, 1.82) is 0 Å². The number of carbonyl (C=O) groups is 2. The first kappa shape index (κ1) is 27.6. The van der Waals surface area contributed by atoms with Gasteiger partial charge in [-0.15, -0.1) is 0 Å². The average Bonchev–Trinajstić information content (AvgIpc) is 2.85. The van der Waals surface area contributed by atoms with E-state index in [1.54, 1.807) is 25.2 Å². The number of benzene rings is 3. The molecule has 0 saturated heterocycles. The molecule has 0 spiro atoms. The van der Waals surface area contributed by atoms with Crippen molar-refractivity contribution in [2.24, 2.45) is 0 Å². The summed E-state index contributed by atoms with van der Waals surface area (Å²) in [5, 5.41) is 3.62. The van der Waals surface area contributed by atoms with Gasteiger partial charge in [0, 0.05) is 30.1 Å². The van der Waals surface area contributed by atoms with E-state index in [-0.39, 0.29) is 30.4 Å². The molecule has 0 aliphatic rings. The highest BCUT2D eigenvalue weighted by Gasteiger charge is 2.30. The molecule has 1 N–H and O–H groups in total. The average molecular weight is 527 g/mol. The van der Waals surface area contributed by atoms with Crippen molar-refractivity contribution < 1.29 is 14.3 Å². The molecule has 0 radical (unpaired) electrons. The third-order valence-corrected chi connectivity index (χ3v) is 6.54. The van der Waals surface area contributed by atoms with Crippen LogP contribution in [0.3, 0.4) is 0 Å². The van der Waals surface area contributed by atoms with Crippen LogP contribution in [0.4, 0.5) is 0 Å². The van der Waals surface area contributed by atoms with Gasteiger partial charge in [-0.05, 0) is 46.4 Å². The lowest BCUT2D eigenvalue weighted by Crippen LogP contribution is -2.51. The molecule has 0 bridgehead atoms. The van der Waals surface area contributed by atoms with Gasteiger partial charge < -0.3 is 15.0 Å². The molecule has 0 fully saturated rings. The summed E-state index contributed by atoms with van der Waals surface area (Å²) < 4.78 is 5.84. The van der Waals surface area contributed by atoms with Crippen LogP contribution in [0.1, 0.15) is 37.5 Å². The minimum absolute atomic E-state index is 0.0151. The van der Waals surface area contributed by atoms with Gasteiger partial charge in [0.15, 0.2) is 6.61 Å². The van der Waals surface area contributed by atoms with E-state index in [1.807, 2.05) is 54.6 Å². The Morgan fingerprint density at radius 2 is 1.64 bits per heavy atom. The van der Waals surface area contributed by atoms with Crippen molar-refractivity contribution in [3.8, 4) is 5.75 Å². The minimum Gasteiger partial charge on any atom is -0.484 e. The van der Waals surface area contributed by atoms with Gasteiger partial charge in [0.2, 0.25) is 5.91 Å². The zero-order valence-electron chi connectivity index (χ0n) is 21.1. The van der Waals surface area contributed by atoms with E-state index < -0.39 is 6.04 Å². The summed E-state index contributed by atoms with van der Waals surface area (Å²) in [7, 11) is 1.56. The standard InChI is InChI=1S/C29H32Cl2N2O3/c1-29(2,3)22-11-14-24(15-12-22)36-19-27(34)33(18-21-10-13-23(30)17-25(21)31)26(28(35)32-4)16-20-8-6-5-7-9-20/h5-15,17,26H,16,18-19H2,1-4H3,(H,32,35)/t26-/m1/s1. The fourth-order valence-electron chi connectivity index (χ4n) is 3.83. The van der Waals surface area contributed by atoms with Crippen LogP contribution in [0.2, 0.25) is 10.0 Å². The first-order valence-corrected chi connectivity index (χ1v) is 12.6. The Kier molecular flexibility index (Phi) is 9.41. The normalized spacial score (nSPS) is 12.1. The highest BCUT2D eigenvalue weighted by Crippen LogP contribution is 2.26. The summed E-state index contributed by atoms with van der Waals surface area (Å²) in [5.74, 6) is -0.0161. The fraction of sp³-hybridized carbons (Fsp3) is 0.310. The lowest BCUT2D eigenvalue weighted by atomic mass is 9.87. The second-order valence-electron chi connectivity index (χ2n) is 9.64. The SMILES string of the molecule is CNC(=O)[C@@H](Cc1ccccc1)N(Cc1ccc(Cl)cc1Cl)C(=O)COc1ccc(C(C)(C)C)cc1. The number of ether oxygens (including phenoxy) is 1. The van der Waals surface area contributed by atoms with Crippen molar-refractivity contribution in [2.75, 3.05) is 13.7 Å². The zero-order chi connectivity index (χ0) is 26.3. The molecular formula is C29H32Cl2N2O3. The number of nitrogens with zero attached hydrogens (tertiary/aromatic N) is 1. The molecule has 190 valence electrons. The summed E-state index contributed by atoms with van der Waals surface area (Å²) >= 11 is 12.5. The van der Waals surface area contributed by atoms with E-state index in [4.69, 9.17) is 27.9 Å². The molecule has 0 saturated carbocycles. The highest BCUT2D eigenvalue weighted by molar-refractivity contribution is 6.35. The Labute approximate surface area is 223 Å². The highest BCUT2D eigenvalue weighted by atomic mass is 35.5. The Morgan fingerprint density at radius 1 is 0.972 bits per heavy atom. The predicted molar refractivity (Wildman–Crippen MR) is 146 cm³/mol. The molecule has 0 aliphatic heterocycles. The molecule has 0 heterocycles. The van der Waals surface area contributed by atoms with Crippen LogP contribution in [0.25, 0.3) is 0 Å². The second kappa shape index (κ2) is 12.3. The largest absolute Gasteiger partial charge is 0.484 e. The summed E-state index contributed by atoms with van der Waals surface area (Å²) in [5.41, 5.74) is 2.81. The molecule has 5 nitrogen and oxygen atoms in total. The number of nitrogens with one attached hydrogen (secondary N) is 1. The van der Waals surface area contributed by atoms with Gasteiger partial charge in [-0.2, -0.15) is 0 Å². The van der Waals surface area contributed by atoms with E-state index in [1.165, 1.54) is 10.5 Å². The van der Waals surface area contributed by atoms with Crippen molar-refractivity contribution in [3.05, 3.63) is 99.5 Å². The van der Waals surface area contributed by atoms with Crippen LogP contribution in [0.15, 0.2) is 72.8 Å². The molecule has 3 rings (SSSR count). The van der Waals surface area contributed by atoms with E-state index in [0.29, 0.717) is 27.8 Å². The summed E-state index contributed by atoms with van der Waals surface area (Å²) in [6, 6.07) is 21.6. The second-order valence-corrected chi connectivity index (χ2v) is 10.5. The number of likely N-dealkylation sites (N-methyl/N-ethyl adjacent to an activating group) is 1. The number of halogens is 2. The maximum atomic E-state index is 13.5. The summed E-state index contributed by atoms with van der Waals surface area (Å²) in [6.45, 7) is 6.32. The maximum absolute atomic E-state index is 13.5. The van der Waals surface area contributed by atoms with Crippen molar-refractivity contribution in [2.45, 2.75) is 45.2 Å². The monoisotopic (exact) mass is 526 g/mol. The molecular weight excluding hydrogens is 495 g/mol. The fourth-order valence-corrected chi connectivity index (χ4v) is 4.30. The van der Waals surface area contributed by atoms with E-state index in [2.05, 4.69) is 26.1 Å². The van der Waals surface area contributed by atoms with Crippen molar-refractivity contribution >= 4 is 35.0 Å². The van der Waals surface area contributed by atoms with Gasteiger partial charge in [-0.25, -0.2) is 0 Å². The van der Waals surface area contributed by atoms with Gasteiger partial charge in [0.05, 0.1) is 0 Å². The van der Waals surface area contributed by atoms with Crippen LogP contribution in [-0.4, -0.2) is 36.4 Å². The Balaban J connectivity index is 1.87. The lowest BCUT2D eigenvalue weighted by molar-refractivity contribution is -0.142. The van der Waals surface area contributed by atoms with Gasteiger partial charge in [0.25, 0.3) is 5.91 Å². The van der Waals surface area contributed by atoms with Crippen LogP contribution in [0.5, 0.6) is 5.75 Å². The van der Waals surface area contributed by atoms with Crippen molar-refractivity contribution in [3.63, 3.8) is 0 Å². The summed E-state index contributed by atoms with van der Waals surface area (Å²) in [4.78, 5) is 28.0. The number of amides is 2.